The normalized spacial score (nSPS) is 30.7. The summed E-state index contributed by atoms with van der Waals surface area (Å²) < 4.78 is 0. The molecule has 0 bridgehead atoms. The van der Waals surface area contributed by atoms with Crippen LogP contribution in [0, 0.1) is 11.8 Å². The van der Waals surface area contributed by atoms with Crippen LogP contribution in [0.5, 0.6) is 0 Å². The third-order valence-electron chi connectivity index (χ3n) is 3.51. The maximum absolute atomic E-state index is 5.99. The van der Waals surface area contributed by atoms with E-state index in [4.69, 9.17) is 11.6 Å². The second kappa shape index (κ2) is 4.88. The standard InChI is InChI=1S/C13H16BrCl/c1-9-11(5-6-13(9)14)7-10-3-2-4-12(15)8-10/h2-4,8-9,11,13H,5-7H2,1H3. The van der Waals surface area contributed by atoms with Gasteiger partial charge in [0.15, 0.2) is 0 Å². The lowest BCUT2D eigenvalue weighted by molar-refractivity contribution is 0.423. The van der Waals surface area contributed by atoms with Gasteiger partial charge in [-0.15, -0.1) is 0 Å². The fraction of sp³-hybridized carbons (Fsp3) is 0.538. The quantitative estimate of drug-likeness (QED) is 0.692. The third-order valence-corrected chi connectivity index (χ3v) is 5.04. The van der Waals surface area contributed by atoms with Gasteiger partial charge in [-0.1, -0.05) is 46.6 Å². The second-order valence-electron chi connectivity index (χ2n) is 4.55. The lowest BCUT2D eigenvalue weighted by Gasteiger charge is -2.17. The van der Waals surface area contributed by atoms with Gasteiger partial charge in [0.05, 0.1) is 0 Å². The van der Waals surface area contributed by atoms with Crippen LogP contribution in [0.15, 0.2) is 24.3 Å². The molecular formula is C13H16BrCl. The summed E-state index contributed by atoms with van der Waals surface area (Å²) in [6.45, 7) is 2.35. The van der Waals surface area contributed by atoms with Gasteiger partial charge in [0.2, 0.25) is 0 Å². The van der Waals surface area contributed by atoms with Gasteiger partial charge in [-0.2, -0.15) is 0 Å². The predicted molar refractivity (Wildman–Crippen MR) is 69.8 cm³/mol. The molecule has 15 heavy (non-hydrogen) atoms. The molecule has 1 saturated carbocycles. The molecule has 0 spiro atoms. The Morgan fingerprint density at radius 2 is 2.20 bits per heavy atom. The number of hydrogen-bond donors (Lipinski definition) is 0. The van der Waals surface area contributed by atoms with E-state index < -0.39 is 0 Å². The zero-order valence-corrected chi connectivity index (χ0v) is 11.3. The lowest BCUT2D eigenvalue weighted by Crippen LogP contribution is -2.12. The molecule has 0 nitrogen and oxygen atoms in total. The van der Waals surface area contributed by atoms with Gasteiger partial charge in [0, 0.05) is 9.85 Å². The van der Waals surface area contributed by atoms with E-state index in [0.29, 0.717) is 4.83 Å². The van der Waals surface area contributed by atoms with Crippen molar-refractivity contribution in [3.8, 4) is 0 Å². The molecule has 2 heteroatoms. The molecule has 0 radical (unpaired) electrons. The number of alkyl halides is 1. The van der Waals surface area contributed by atoms with E-state index in [0.717, 1.165) is 16.9 Å². The monoisotopic (exact) mass is 286 g/mol. The number of rotatable bonds is 2. The summed E-state index contributed by atoms with van der Waals surface area (Å²) in [4.78, 5) is 0.710. The van der Waals surface area contributed by atoms with E-state index in [1.54, 1.807) is 0 Å². The van der Waals surface area contributed by atoms with E-state index >= 15 is 0 Å². The molecule has 0 N–H and O–H groups in total. The fourth-order valence-corrected chi connectivity index (χ4v) is 3.36. The Hall–Kier alpha value is -0.0100. The molecule has 3 unspecified atom stereocenters. The molecule has 0 saturated heterocycles. The molecular weight excluding hydrogens is 272 g/mol. The maximum Gasteiger partial charge on any atom is 0.0408 e. The van der Waals surface area contributed by atoms with E-state index in [1.165, 1.54) is 24.8 Å². The summed E-state index contributed by atoms with van der Waals surface area (Å²) in [6, 6.07) is 8.26. The Morgan fingerprint density at radius 3 is 2.80 bits per heavy atom. The van der Waals surface area contributed by atoms with Gasteiger partial charge in [0.25, 0.3) is 0 Å². The summed E-state index contributed by atoms with van der Waals surface area (Å²) in [5, 5.41) is 0.855. The van der Waals surface area contributed by atoms with Crippen LogP contribution in [0.2, 0.25) is 5.02 Å². The first kappa shape index (κ1) is 11.5. The highest BCUT2D eigenvalue weighted by Gasteiger charge is 2.30. The minimum Gasteiger partial charge on any atom is -0.0888 e. The van der Waals surface area contributed by atoms with E-state index in [9.17, 15) is 0 Å². The SMILES string of the molecule is CC1C(Br)CCC1Cc1cccc(Cl)c1. The van der Waals surface area contributed by atoms with Crippen LogP contribution in [0.1, 0.15) is 25.3 Å². The Bertz CT molecular complexity index is 337. The lowest BCUT2D eigenvalue weighted by atomic mass is 9.91. The van der Waals surface area contributed by atoms with Gasteiger partial charge >= 0.3 is 0 Å². The Labute approximate surface area is 105 Å². The summed E-state index contributed by atoms with van der Waals surface area (Å²) in [7, 11) is 0. The van der Waals surface area contributed by atoms with Crippen LogP contribution in [0.25, 0.3) is 0 Å². The van der Waals surface area contributed by atoms with Gasteiger partial charge < -0.3 is 0 Å². The summed E-state index contributed by atoms with van der Waals surface area (Å²) >= 11 is 9.73. The fourth-order valence-electron chi connectivity index (χ4n) is 2.45. The molecule has 3 atom stereocenters. The third kappa shape index (κ3) is 2.76. The van der Waals surface area contributed by atoms with Gasteiger partial charge in [-0.05, 0) is 48.8 Å². The average molecular weight is 288 g/mol. The number of halogens is 2. The molecule has 0 aliphatic heterocycles. The molecule has 1 aromatic rings. The summed E-state index contributed by atoms with van der Waals surface area (Å²) in [5.41, 5.74) is 1.38. The van der Waals surface area contributed by atoms with Gasteiger partial charge in [0.1, 0.15) is 0 Å². The average Bonchev–Trinajstić information content (AvgIpc) is 2.50. The minimum absolute atomic E-state index is 0.710. The predicted octanol–water partition coefficient (Wildman–Crippen LogP) is 4.69. The van der Waals surface area contributed by atoms with Gasteiger partial charge in [-0.3, -0.25) is 0 Å². The highest BCUT2D eigenvalue weighted by atomic mass is 79.9. The highest BCUT2D eigenvalue weighted by molar-refractivity contribution is 9.09. The van der Waals surface area contributed by atoms with Crippen LogP contribution in [0.4, 0.5) is 0 Å². The van der Waals surface area contributed by atoms with Crippen molar-refractivity contribution in [3.05, 3.63) is 34.9 Å². The summed E-state index contributed by atoms with van der Waals surface area (Å²) in [5.74, 6) is 1.59. The van der Waals surface area contributed by atoms with Crippen molar-refractivity contribution in [1.82, 2.24) is 0 Å². The topological polar surface area (TPSA) is 0 Å². The van der Waals surface area contributed by atoms with E-state index in [2.05, 4.69) is 35.0 Å². The Balaban J connectivity index is 2.03. The first-order valence-corrected chi connectivity index (χ1v) is 6.84. The largest absolute Gasteiger partial charge is 0.0888 e. The second-order valence-corrected chi connectivity index (χ2v) is 6.16. The maximum atomic E-state index is 5.99. The van der Waals surface area contributed by atoms with Crippen molar-refractivity contribution in [2.45, 2.75) is 31.0 Å². The van der Waals surface area contributed by atoms with Crippen LogP contribution >= 0.6 is 27.5 Å². The molecule has 0 amide bonds. The van der Waals surface area contributed by atoms with E-state index in [-0.39, 0.29) is 0 Å². The molecule has 1 aliphatic rings. The molecule has 0 heterocycles. The molecule has 1 fully saturated rings. The van der Waals surface area contributed by atoms with Crippen molar-refractivity contribution < 1.29 is 0 Å². The van der Waals surface area contributed by atoms with Crippen LogP contribution in [-0.2, 0) is 6.42 Å². The van der Waals surface area contributed by atoms with Crippen LogP contribution in [-0.4, -0.2) is 4.83 Å². The van der Waals surface area contributed by atoms with Crippen molar-refractivity contribution >= 4 is 27.5 Å². The van der Waals surface area contributed by atoms with Crippen LogP contribution < -0.4 is 0 Å². The zero-order chi connectivity index (χ0) is 10.8. The highest BCUT2D eigenvalue weighted by Crippen LogP contribution is 2.38. The van der Waals surface area contributed by atoms with Crippen molar-refractivity contribution in [3.63, 3.8) is 0 Å². The van der Waals surface area contributed by atoms with Crippen molar-refractivity contribution in [2.75, 3.05) is 0 Å². The van der Waals surface area contributed by atoms with Crippen LogP contribution in [0.3, 0.4) is 0 Å². The summed E-state index contributed by atoms with van der Waals surface area (Å²) in [6.07, 6.45) is 3.82. The molecule has 82 valence electrons. The molecule has 1 aromatic carbocycles. The van der Waals surface area contributed by atoms with Gasteiger partial charge in [-0.25, -0.2) is 0 Å². The minimum atomic E-state index is 0.710. The number of hydrogen-bond acceptors (Lipinski definition) is 0. The Kier molecular flexibility index (Phi) is 3.73. The first-order valence-electron chi connectivity index (χ1n) is 5.55. The first-order chi connectivity index (χ1) is 7.16. The molecule has 1 aliphatic carbocycles. The number of benzene rings is 1. The van der Waals surface area contributed by atoms with Crippen molar-refractivity contribution in [2.24, 2.45) is 11.8 Å². The van der Waals surface area contributed by atoms with E-state index in [1.807, 2.05) is 12.1 Å². The smallest absolute Gasteiger partial charge is 0.0408 e. The zero-order valence-electron chi connectivity index (χ0n) is 8.92. The molecule has 2 rings (SSSR count). The molecule has 0 aromatic heterocycles. The van der Waals surface area contributed by atoms with Crippen molar-refractivity contribution in [1.29, 1.82) is 0 Å². The Morgan fingerprint density at radius 1 is 1.40 bits per heavy atom.